The summed E-state index contributed by atoms with van der Waals surface area (Å²) in [6.45, 7) is 4.26. The summed E-state index contributed by atoms with van der Waals surface area (Å²) in [6, 6.07) is 1.65. The van der Waals surface area contributed by atoms with Crippen LogP contribution in [0.25, 0.3) is 0 Å². The van der Waals surface area contributed by atoms with Gasteiger partial charge in [0.1, 0.15) is 4.21 Å². The molecule has 0 unspecified atom stereocenters. The molecule has 3 N–H and O–H groups in total. The van der Waals surface area contributed by atoms with Crippen LogP contribution in [0.1, 0.15) is 10.4 Å². The van der Waals surface area contributed by atoms with Gasteiger partial charge in [0.15, 0.2) is 0 Å². The summed E-state index contributed by atoms with van der Waals surface area (Å²) in [5.41, 5.74) is 6.47. The zero-order chi connectivity index (χ0) is 15.2. The Morgan fingerprint density at radius 2 is 2.10 bits per heavy atom. The first kappa shape index (κ1) is 17.5. The molecule has 1 rings (SSSR count). The molecule has 0 fully saturated rings. The van der Waals surface area contributed by atoms with E-state index in [4.69, 9.17) is 10.5 Å². The molecule has 1 aromatic rings. The molecule has 0 atom stereocenters. The summed E-state index contributed by atoms with van der Waals surface area (Å²) in [7, 11) is 0.464. The maximum atomic E-state index is 12.0. The lowest BCUT2D eigenvalue weighted by atomic mass is 10.3. The Balaban J connectivity index is 2.41. The van der Waals surface area contributed by atoms with E-state index in [-0.39, 0.29) is 6.54 Å². The molecule has 0 aliphatic heterocycles. The Morgan fingerprint density at radius 1 is 1.40 bits per heavy atom. The third-order valence-electron chi connectivity index (χ3n) is 2.67. The fraction of sp³-hybridized carbons (Fsp3) is 0.667. The van der Waals surface area contributed by atoms with Crippen molar-refractivity contribution in [3.05, 3.63) is 16.5 Å². The number of nitrogens with two attached hydrogens (primary N) is 1. The SMILES string of the molecule is Cc1cc(S(=O)(=O)NCCOCCN(C)C)sc1CN. The van der Waals surface area contributed by atoms with Crippen LogP contribution in [0, 0.1) is 6.92 Å². The molecule has 1 heterocycles. The highest BCUT2D eigenvalue weighted by molar-refractivity contribution is 7.91. The summed E-state index contributed by atoms with van der Waals surface area (Å²) in [5.74, 6) is 0. The van der Waals surface area contributed by atoms with E-state index in [0.717, 1.165) is 17.0 Å². The molecule has 0 saturated carbocycles. The lowest BCUT2D eigenvalue weighted by molar-refractivity contribution is 0.122. The fourth-order valence-electron chi connectivity index (χ4n) is 1.49. The van der Waals surface area contributed by atoms with Crippen molar-refractivity contribution in [1.82, 2.24) is 9.62 Å². The largest absolute Gasteiger partial charge is 0.379 e. The highest BCUT2D eigenvalue weighted by Gasteiger charge is 2.17. The molecule has 0 radical (unpaired) electrons. The molecular weight excluding hydrogens is 298 g/mol. The molecule has 116 valence electrons. The van der Waals surface area contributed by atoms with Crippen LogP contribution < -0.4 is 10.5 Å². The molecule has 1 aromatic heterocycles. The van der Waals surface area contributed by atoms with Crippen molar-refractivity contribution in [2.75, 3.05) is 40.4 Å². The van der Waals surface area contributed by atoms with E-state index in [1.54, 1.807) is 6.07 Å². The number of nitrogens with one attached hydrogen (secondary N) is 1. The molecule has 0 amide bonds. The monoisotopic (exact) mass is 321 g/mol. The van der Waals surface area contributed by atoms with E-state index in [0.29, 0.717) is 24.0 Å². The molecule has 0 aliphatic rings. The van der Waals surface area contributed by atoms with Crippen LogP contribution in [0.4, 0.5) is 0 Å². The predicted octanol–water partition coefficient (Wildman–Crippen LogP) is 0.372. The van der Waals surface area contributed by atoms with E-state index in [1.165, 1.54) is 11.3 Å². The third kappa shape index (κ3) is 5.47. The predicted molar refractivity (Wildman–Crippen MR) is 81.5 cm³/mol. The summed E-state index contributed by atoms with van der Waals surface area (Å²) >= 11 is 1.22. The summed E-state index contributed by atoms with van der Waals surface area (Å²) in [4.78, 5) is 2.90. The smallest absolute Gasteiger partial charge is 0.250 e. The molecule has 0 saturated heterocycles. The highest BCUT2D eigenvalue weighted by Crippen LogP contribution is 2.25. The van der Waals surface area contributed by atoms with Crippen molar-refractivity contribution in [1.29, 1.82) is 0 Å². The van der Waals surface area contributed by atoms with Crippen molar-refractivity contribution in [2.45, 2.75) is 17.7 Å². The number of sulfonamides is 1. The summed E-state index contributed by atoms with van der Waals surface area (Å²) < 4.78 is 32.3. The zero-order valence-electron chi connectivity index (χ0n) is 12.2. The minimum Gasteiger partial charge on any atom is -0.379 e. The highest BCUT2D eigenvalue weighted by atomic mass is 32.2. The molecule has 0 bridgehead atoms. The quantitative estimate of drug-likeness (QED) is 0.642. The topological polar surface area (TPSA) is 84.7 Å². The Bertz CT molecular complexity index is 512. The second-order valence-electron chi connectivity index (χ2n) is 4.69. The number of likely N-dealkylation sites (N-methyl/N-ethyl adjacent to an activating group) is 1. The second-order valence-corrected chi connectivity index (χ2v) is 7.82. The van der Waals surface area contributed by atoms with Gasteiger partial charge in [0.2, 0.25) is 10.0 Å². The molecule has 6 nitrogen and oxygen atoms in total. The standard InChI is InChI=1S/C12H23N3O3S2/c1-10-8-12(19-11(10)9-13)20(16,17)14-4-6-18-7-5-15(2)3/h8,14H,4-7,9,13H2,1-3H3. The molecule has 8 heteroatoms. The van der Waals surface area contributed by atoms with Crippen LogP contribution in [-0.2, 0) is 21.3 Å². The molecule has 0 aromatic carbocycles. The maximum absolute atomic E-state index is 12.0. The van der Waals surface area contributed by atoms with Gasteiger partial charge < -0.3 is 15.4 Å². The van der Waals surface area contributed by atoms with Crippen LogP contribution >= 0.6 is 11.3 Å². The normalized spacial score (nSPS) is 12.2. The number of hydrogen-bond donors (Lipinski definition) is 2. The average Bonchev–Trinajstić information content (AvgIpc) is 2.75. The van der Waals surface area contributed by atoms with Gasteiger partial charge in [-0.2, -0.15) is 0 Å². The first-order valence-electron chi connectivity index (χ1n) is 6.38. The Morgan fingerprint density at radius 3 is 2.65 bits per heavy atom. The third-order valence-corrected chi connectivity index (χ3v) is 5.86. The van der Waals surface area contributed by atoms with E-state index < -0.39 is 10.0 Å². The van der Waals surface area contributed by atoms with Gasteiger partial charge >= 0.3 is 0 Å². The Labute approximate surface area is 125 Å². The molecule has 0 spiro atoms. The minimum absolute atomic E-state index is 0.269. The van der Waals surface area contributed by atoms with Crippen molar-refractivity contribution >= 4 is 21.4 Å². The van der Waals surface area contributed by atoms with E-state index in [9.17, 15) is 8.42 Å². The molecular formula is C12H23N3O3S2. The van der Waals surface area contributed by atoms with Crippen molar-refractivity contribution in [3.63, 3.8) is 0 Å². The van der Waals surface area contributed by atoms with Crippen LogP contribution in [-0.4, -0.2) is 53.7 Å². The summed E-state index contributed by atoms with van der Waals surface area (Å²) in [5, 5.41) is 0. The van der Waals surface area contributed by atoms with Gasteiger partial charge in [0, 0.05) is 24.5 Å². The minimum atomic E-state index is -3.45. The number of hydrogen-bond acceptors (Lipinski definition) is 6. The van der Waals surface area contributed by atoms with Gasteiger partial charge in [0.25, 0.3) is 0 Å². The van der Waals surface area contributed by atoms with Gasteiger partial charge in [-0.15, -0.1) is 11.3 Å². The van der Waals surface area contributed by atoms with E-state index in [2.05, 4.69) is 4.72 Å². The van der Waals surface area contributed by atoms with Gasteiger partial charge in [-0.25, -0.2) is 13.1 Å². The first-order chi connectivity index (χ1) is 9.36. The zero-order valence-corrected chi connectivity index (χ0v) is 13.8. The number of thiophene rings is 1. The lowest BCUT2D eigenvalue weighted by Crippen LogP contribution is -2.28. The Hall–Kier alpha value is -0.510. The van der Waals surface area contributed by atoms with Crippen LogP contribution in [0.3, 0.4) is 0 Å². The number of aryl methyl sites for hydroxylation is 1. The number of nitrogens with zero attached hydrogens (tertiary/aromatic N) is 1. The van der Waals surface area contributed by atoms with E-state index in [1.807, 2.05) is 25.9 Å². The van der Waals surface area contributed by atoms with Gasteiger partial charge in [-0.05, 0) is 32.6 Å². The van der Waals surface area contributed by atoms with Crippen LogP contribution in [0.5, 0.6) is 0 Å². The fourth-order valence-corrected chi connectivity index (χ4v) is 4.02. The maximum Gasteiger partial charge on any atom is 0.250 e. The average molecular weight is 321 g/mol. The van der Waals surface area contributed by atoms with Crippen molar-refractivity contribution < 1.29 is 13.2 Å². The lowest BCUT2D eigenvalue weighted by Gasteiger charge is -2.10. The second kappa shape index (κ2) is 8.06. The van der Waals surface area contributed by atoms with Crippen molar-refractivity contribution in [3.8, 4) is 0 Å². The Kier molecular flexibility index (Phi) is 7.07. The summed E-state index contributed by atoms with van der Waals surface area (Å²) in [6.07, 6.45) is 0. The van der Waals surface area contributed by atoms with Gasteiger partial charge in [-0.3, -0.25) is 0 Å². The first-order valence-corrected chi connectivity index (χ1v) is 8.68. The van der Waals surface area contributed by atoms with Gasteiger partial charge in [-0.1, -0.05) is 0 Å². The van der Waals surface area contributed by atoms with Crippen LogP contribution in [0.2, 0.25) is 0 Å². The molecule has 0 aliphatic carbocycles. The van der Waals surface area contributed by atoms with Crippen LogP contribution in [0.15, 0.2) is 10.3 Å². The van der Waals surface area contributed by atoms with E-state index >= 15 is 0 Å². The molecule has 20 heavy (non-hydrogen) atoms. The number of ether oxygens (including phenoxy) is 1. The van der Waals surface area contributed by atoms with Crippen molar-refractivity contribution in [2.24, 2.45) is 5.73 Å². The van der Waals surface area contributed by atoms with Gasteiger partial charge in [0.05, 0.1) is 13.2 Å². The number of rotatable bonds is 9.